The Bertz CT molecular complexity index is 1310. The Labute approximate surface area is 210 Å². The van der Waals surface area contributed by atoms with Crippen molar-refractivity contribution in [2.75, 3.05) is 20.3 Å². The van der Waals surface area contributed by atoms with Gasteiger partial charge in [0.15, 0.2) is 0 Å². The molecule has 0 saturated carbocycles. The normalized spacial score (nSPS) is 19.1. The van der Waals surface area contributed by atoms with Crippen LogP contribution in [0.1, 0.15) is 53.5 Å². The van der Waals surface area contributed by atoms with E-state index in [0.717, 1.165) is 27.7 Å². The van der Waals surface area contributed by atoms with Gasteiger partial charge in [-0.2, -0.15) is 0 Å². The second-order valence-electron chi connectivity index (χ2n) is 9.85. The molecule has 8 heteroatoms. The van der Waals surface area contributed by atoms with Gasteiger partial charge in [0.2, 0.25) is 11.8 Å². The summed E-state index contributed by atoms with van der Waals surface area (Å²) in [4.78, 5) is 45.5. The number of H-pyrrole nitrogens is 1. The first-order valence-corrected chi connectivity index (χ1v) is 12.5. The number of hydrogen-bond acceptors (Lipinski definition) is 4. The topological polar surface area (TPSA) is 104 Å². The van der Waals surface area contributed by atoms with E-state index >= 15 is 0 Å². The Hall–Kier alpha value is -3.65. The highest BCUT2D eigenvalue weighted by Gasteiger charge is 2.49. The Morgan fingerprint density at radius 1 is 1.14 bits per heavy atom. The summed E-state index contributed by atoms with van der Waals surface area (Å²) in [5.74, 6) is -0.829. The first-order valence-electron chi connectivity index (χ1n) is 12.5. The first-order chi connectivity index (χ1) is 17.4. The number of nitrogens with one attached hydrogen (secondary N) is 3. The van der Waals surface area contributed by atoms with E-state index in [1.54, 1.807) is 12.0 Å². The summed E-state index contributed by atoms with van der Waals surface area (Å²) in [5.41, 5.74) is 4.49. The summed E-state index contributed by atoms with van der Waals surface area (Å²) >= 11 is 0. The average molecular weight is 489 g/mol. The number of carbonyl (C=O) groups excluding carboxylic acids is 3. The predicted molar refractivity (Wildman–Crippen MR) is 137 cm³/mol. The highest BCUT2D eigenvalue weighted by molar-refractivity contribution is 6.04. The molecule has 3 atom stereocenters. The lowest BCUT2D eigenvalue weighted by molar-refractivity contribution is -0.132. The van der Waals surface area contributed by atoms with Crippen molar-refractivity contribution in [3.63, 3.8) is 0 Å². The number of nitrogens with zero attached hydrogens (tertiary/aromatic N) is 1. The molecular formula is C28H32N4O4. The van der Waals surface area contributed by atoms with Gasteiger partial charge in [0.1, 0.15) is 12.1 Å². The number of para-hydroxylation sites is 1. The number of rotatable bonds is 8. The summed E-state index contributed by atoms with van der Waals surface area (Å²) in [6, 6.07) is 13.7. The fourth-order valence-corrected chi connectivity index (χ4v) is 5.46. The Balaban J connectivity index is 1.48. The minimum atomic E-state index is -0.732. The van der Waals surface area contributed by atoms with Gasteiger partial charge in [0, 0.05) is 48.8 Å². The van der Waals surface area contributed by atoms with E-state index < -0.39 is 12.1 Å². The zero-order valence-corrected chi connectivity index (χ0v) is 20.8. The second-order valence-corrected chi connectivity index (χ2v) is 9.85. The molecule has 0 aliphatic carbocycles. The SMILES string of the molecule is COCCCNC(=O)[C@@H](NC(=O)[C@@H]1Cc2c([nH]c3ccccc23)[C@H]2c3ccccc3C(=O)N21)C(C)C. The zero-order chi connectivity index (χ0) is 25.4. The Morgan fingerprint density at radius 3 is 2.67 bits per heavy atom. The summed E-state index contributed by atoms with van der Waals surface area (Å²) in [7, 11) is 1.62. The molecule has 0 bridgehead atoms. The quantitative estimate of drug-likeness (QED) is 0.424. The van der Waals surface area contributed by atoms with Crippen LogP contribution < -0.4 is 10.6 Å². The minimum absolute atomic E-state index is 0.120. The number of aromatic nitrogens is 1. The lowest BCUT2D eigenvalue weighted by Crippen LogP contribution is -2.57. The lowest BCUT2D eigenvalue weighted by atomic mass is 9.89. The molecule has 188 valence electrons. The molecule has 5 rings (SSSR count). The molecule has 2 aliphatic heterocycles. The minimum Gasteiger partial charge on any atom is -0.385 e. The van der Waals surface area contributed by atoms with Gasteiger partial charge in [-0.3, -0.25) is 14.4 Å². The maximum Gasteiger partial charge on any atom is 0.255 e. The number of benzene rings is 2. The van der Waals surface area contributed by atoms with Crippen molar-refractivity contribution in [3.05, 3.63) is 70.9 Å². The number of hydrogen-bond donors (Lipinski definition) is 3. The summed E-state index contributed by atoms with van der Waals surface area (Å²) < 4.78 is 5.04. The summed E-state index contributed by atoms with van der Waals surface area (Å²) in [6.07, 6.45) is 1.07. The number of ether oxygens (including phenoxy) is 1. The Kier molecular flexibility index (Phi) is 6.53. The van der Waals surface area contributed by atoms with Crippen LogP contribution in [0.2, 0.25) is 0 Å². The van der Waals surface area contributed by atoms with Gasteiger partial charge in [0.05, 0.1) is 6.04 Å². The van der Waals surface area contributed by atoms with Crippen molar-refractivity contribution in [1.29, 1.82) is 0 Å². The van der Waals surface area contributed by atoms with E-state index in [9.17, 15) is 14.4 Å². The van der Waals surface area contributed by atoms with Gasteiger partial charge in [0.25, 0.3) is 5.91 Å². The molecule has 0 saturated heterocycles. The van der Waals surface area contributed by atoms with Crippen LogP contribution in [-0.4, -0.2) is 60.0 Å². The molecule has 8 nitrogen and oxygen atoms in total. The highest BCUT2D eigenvalue weighted by atomic mass is 16.5. The molecule has 3 heterocycles. The monoisotopic (exact) mass is 488 g/mol. The maximum absolute atomic E-state index is 13.8. The number of methoxy groups -OCH3 is 1. The van der Waals surface area contributed by atoms with E-state index in [-0.39, 0.29) is 29.7 Å². The predicted octanol–water partition coefficient (Wildman–Crippen LogP) is 2.93. The van der Waals surface area contributed by atoms with Gasteiger partial charge in [-0.25, -0.2) is 0 Å². The number of amides is 3. The van der Waals surface area contributed by atoms with Crippen LogP contribution in [-0.2, 0) is 20.7 Å². The smallest absolute Gasteiger partial charge is 0.255 e. The van der Waals surface area contributed by atoms with Crippen LogP contribution in [0.3, 0.4) is 0 Å². The second kappa shape index (κ2) is 9.78. The molecule has 0 radical (unpaired) electrons. The van der Waals surface area contributed by atoms with E-state index in [1.807, 2.05) is 62.4 Å². The van der Waals surface area contributed by atoms with E-state index in [4.69, 9.17) is 4.74 Å². The van der Waals surface area contributed by atoms with Gasteiger partial charge in [-0.15, -0.1) is 0 Å². The van der Waals surface area contributed by atoms with Crippen molar-refractivity contribution in [3.8, 4) is 0 Å². The van der Waals surface area contributed by atoms with Crippen LogP contribution in [0.25, 0.3) is 10.9 Å². The molecule has 1 aromatic heterocycles. The third kappa shape index (κ3) is 4.05. The van der Waals surface area contributed by atoms with Gasteiger partial charge in [-0.05, 0) is 35.6 Å². The highest BCUT2D eigenvalue weighted by Crippen LogP contribution is 2.46. The zero-order valence-electron chi connectivity index (χ0n) is 20.8. The molecule has 0 fully saturated rings. The number of aromatic amines is 1. The summed E-state index contributed by atoms with van der Waals surface area (Å²) in [5, 5.41) is 6.92. The molecule has 2 aromatic carbocycles. The molecule has 2 aliphatic rings. The van der Waals surface area contributed by atoms with E-state index in [2.05, 4.69) is 15.6 Å². The number of carbonyl (C=O) groups is 3. The van der Waals surface area contributed by atoms with Crippen molar-refractivity contribution in [2.24, 2.45) is 5.92 Å². The standard InChI is InChI=1S/C28H32N4O4/c1-16(2)23(27(34)29-13-8-14-36-3)31-26(33)22-15-20-17-9-6-7-12-21(17)30-24(20)25-18-10-4-5-11-19(18)28(35)32(22)25/h4-7,9-12,16,22-23,25,30H,8,13-15H2,1-3H3,(H,29,34)(H,31,33)/t22-,23-,25+/m0/s1. The Morgan fingerprint density at radius 2 is 1.89 bits per heavy atom. The average Bonchev–Trinajstić information content (AvgIpc) is 3.40. The van der Waals surface area contributed by atoms with Gasteiger partial charge < -0.3 is 25.3 Å². The van der Waals surface area contributed by atoms with E-state index in [1.165, 1.54) is 0 Å². The van der Waals surface area contributed by atoms with Crippen molar-refractivity contribution in [2.45, 2.75) is 44.8 Å². The van der Waals surface area contributed by atoms with E-state index in [0.29, 0.717) is 31.6 Å². The largest absolute Gasteiger partial charge is 0.385 e. The van der Waals surface area contributed by atoms with Crippen molar-refractivity contribution in [1.82, 2.24) is 20.5 Å². The lowest BCUT2D eigenvalue weighted by Gasteiger charge is -2.38. The molecule has 3 amide bonds. The van der Waals surface area contributed by atoms with Crippen LogP contribution in [0.5, 0.6) is 0 Å². The van der Waals surface area contributed by atoms with Crippen molar-refractivity contribution >= 4 is 28.6 Å². The fourth-order valence-electron chi connectivity index (χ4n) is 5.46. The third-order valence-corrected chi connectivity index (χ3v) is 7.23. The van der Waals surface area contributed by atoms with Gasteiger partial charge in [-0.1, -0.05) is 50.2 Å². The van der Waals surface area contributed by atoms with Crippen molar-refractivity contribution < 1.29 is 19.1 Å². The third-order valence-electron chi connectivity index (χ3n) is 7.23. The maximum atomic E-state index is 13.8. The van der Waals surface area contributed by atoms with Gasteiger partial charge >= 0.3 is 0 Å². The first kappa shape index (κ1) is 24.1. The molecule has 0 spiro atoms. The van der Waals surface area contributed by atoms with Crippen LogP contribution in [0.4, 0.5) is 0 Å². The summed E-state index contributed by atoms with van der Waals surface area (Å²) in [6.45, 7) is 4.82. The molecule has 36 heavy (non-hydrogen) atoms. The molecule has 3 aromatic rings. The van der Waals surface area contributed by atoms with Crippen LogP contribution in [0, 0.1) is 5.92 Å². The van der Waals surface area contributed by atoms with Crippen LogP contribution >= 0.6 is 0 Å². The number of fused-ring (bicyclic) bond motifs is 7. The molecular weight excluding hydrogens is 456 g/mol. The fraction of sp³-hybridized carbons (Fsp3) is 0.393. The molecule has 0 unspecified atom stereocenters. The molecule has 3 N–H and O–H groups in total. The van der Waals surface area contributed by atoms with Crippen LogP contribution in [0.15, 0.2) is 48.5 Å².